The first-order chi connectivity index (χ1) is 14.5. The molecule has 154 valence electrons. The fourth-order valence-electron chi connectivity index (χ4n) is 3.34. The van der Waals surface area contributed by atoms with Crippen LogP contribution < -0.4 is 15.4 Å². The van der Waals surface area contributed by atoms with Gasteiger partial charge in [-0.3, -0.25) is 4.79 Å². The molecule has 1 atom stereocenters. The molecule has 2 heterocycles. The minimum absolute atomic E-state index is 0.225. The Morgan fingerprint density at radius 3 is 2.53 bits per heavy atom. The van der Waals surface area contributed by atoms with Gasteiger partial charge in [-0.1, -0.05) is 35.5 Å². The van der Waals surface area contributed by atoms with Crippen molar-refractivity contribution >= 4 is 40.9 Å². The number of thioether (sulfide) groups is 1. The van der Waals surface area contributed by atoms with Crippen molar-refractivity contribution in [3.05, 3.63) is 70.4 Å². The monoisotopic (exact) mass is 441 g/mol. The number of nitrogens with one attached hydrogen (secondary N) is 2. The summed E-state index contributed by atoms with van der Waals surface area (Å²) >= 11 is 7.53. The van der Waals surface area contributed by atoms with Gasteiger partial charge in [-0.25, -0.2) is 4.68 Å². The minimum atomic E-state index is -0.440. The highest BCUT2D eigenvalue weighted by atomic mass is 35.5. The molecule has 0 radical (unpaired) electrons. The number of allylic oxidation sites excluding steroid dienone is 1. The molecule has 30 heavy (non-hydrogen) atoms. The lowest BCUT2D eigenvalue weighted by Crippen LogP contribution is -2.31. The molecule has 9 heteroatoms. The lowest BCUT2D eigenvalue weighted by Gasteiger charge is -2.28. The second kappa shape index (κ2) is 8.41. The van der Waals surface area contributed by atoms with Crippen LogP contribution in [0.4, 0.5) is 11.6 Å². The van der Waals surface area contributed by atoms with E-state index in [1.54, 1.807) is 48.2 Å². The summed E-state index contributed by atoms with van der Waals surface area (Å²) in [5.41, 5.74) is 2.83. The van der Waals surface area contributed by atoms with Gasteiger partial charge < -0.3 is 15.4 Å². The number of methoxy groups -OCH3 is 1. The molecule has 0 saturated heterocycles. The predicted molar refractivity (Wildman–Crippen MR) is 119 cm³/mol. The van der Waals surface area contributed by atoms with Gasteiger partial charge in [-0.2, -0.15) is 4.98 Å². The normalized spacial score (nSPS) is 15.4. The van der Waals surface area contributed by atoms with Crippen LogP contribution in [-0.4, -0.2) is 34.0 Å². The maximum absolute atomic E-state index is 13.3. The van der Waals surface area contributed by atoms with E-state index in [1.807, 2.05) is 25.3 Å². The van der Waals surface area contributed by atoms with E-state index in [1.165, 1.54) is 11.8 Å². The average molecular weight is 442 g/mol. The number of halogens is 1. The summed E-state index contributed by atoms with van der Waals surface area (Å²) in [6, 6.07) is 14.2. The topological polar surface area (TPSA) is 81.1 Å². The molecule has 3 aromatic rings. The number of nitrogens with zero attached hydrogens (tertiary/aromatic N) is 3. The van der Waals surface area contributed by atoms with Gasteiger partial charge in [0.15, 0.2) is 0 Å². The van der Waals surface area contributed by atoms with Crippen molar-refractivity contribution in [1.82, 2.24) is 14.8 Å². The van der Waals surface area contributed by atoms with E-state index in [9.17, 15) is 4.79 Å². The molecule has 2 N–H and O–H groups in total. The summed E-state index contributed by atoms with van der Waals surface area (Å²) in [7, 11) is 1.60. The minimum Gasteiger partial charge on any atom is -0.497 e. The number of anilines is 2. The number of fused-ring (bicyclic) bond motifs is 1. The Morgan fingerprint density at radius 2 is 1.90 bits per heavy atom. The van der Waals surface area contributed by atoms with Gasteiger partial charge >= 0.3 is 0 Å². The van der Waals surface area contributed by atoms with Crippen molar-refractivity contribution in [2.75, 3.05) is 24.0 Å². The van der Waals surface area contributed by atoms with E-state index in [2.05, 4.69) is 20.7 Å². The molecule has 0 bridgehead atoms. The maximum atomic E-state index is 13.3. The van der Waals surface area contributed by atoms with E-state index >= 15 is 0 Å². The van der Waals surface area contributed by atoms with Crippen LogP contribution in [0.1, 0.15) is 18.5 Å². The molecule has 2 aromatic carbocycles. The van der Waals surface area contributed by atoms with Gasteiger partial charge in [-0.15, -0.1) is 5.10 Å². The lowest BCUT2D eigenvalue weighted by molar-refractivity contribution is -0.113. The molecule has 0 aliphatic carbocycles. The van der Waals surface area contributed by atoms with Crippen LogP contribution in [0.15, 0.2) is 65.0 Å². The number of rotatable bonds is 5. The maximum Gasteiger partial charge on any atom is 0.255 e. The standard InChI is InChI=1S/C21H20ClN5O2S/c1-12-17(19(28)24-15-8-10-16(29-2)11-9-15)18(13-4-6-14(22)7-5-13)27-20(23-12)25-21(26-27)30-3/h4-11,18H,1-3H3,(H,24,28)(H,23,25,26). The first-order valence-corrected chi connectivity index (χ1v) is 10.8. The van der Waals surface area contributed by atoms with Crippen molar-refractivity contribution in [2.24, 2.45) is 0 Å². The van der Waals surface area contributed by atoms with Gasteiger partial charge in [0.25, 0.3) is 5.91 Å². The average Bonchev–Trinajstić information content (AvgIpc) is 3.16. The molecule has 0 spiro atoms. The molecule has 4 rings (SSSR count). The Labute approximate surface area is 183 Å². The summed E-state index contributed by atoms with van der Waals surface area (Å²) in [6.07, 6.45) is 1.91. The number of aromatic nitrogens is 3. The van der Waals surface area contributed by atoms with Crippen molar-refractivity contribution < 1.29 is 9.53 Å². The number of carbonyl (C=O) groups excluding carboxylic acids is 1. The van der Waals surface area contributed by atoms with Gasteiger partial charge in [-0.05, 0) is 55.1 Å². The van der Waals surface area contributed by atoms with Crippen LogP contribution in [0.2, 0.25) is 5.02 Å². The van der Waals surface area contributed by atoms with E-state index < -0.39 is 6.04 Å². The molecule has 7 nitrogen and oxygen atoms in total. The zero-order chi connectivity index (χ0) is 21.3. The van der Waals surface area contributed by atoms with Crippen LogP contribution in [0.3, 0.4) is 0 Å². The van der Waals surface area contributed by atoms with E-state index in [4.69, 9.17) is 16.3 Å². The molecule has 1 amide bonds. The summed E-state index contributed by atoms with van der Waals surface area (Å²) in [5.74, 6) is 1.09. The first kappa shape index (κ1) is 20.3. The Balaban J connectivity index is 1.74. The van der Waals surface area contributed by atoms with Crippen LogP contribution in [0.5, 0.6) is 5.75 Å². The fourth-order valence-corrected chi connectivity index (χ4v) is 3.81. The zero-order valence-electron chi connectivity index (χ0n) is 16.6. The van der Waals surface area contributed by atoms with Crippen molar-refractivity contribution in [3.63, 3.8) is 0 Å². The number of amides is 1. The molecular formula is C21H20ClN5O2S. The zero-order valence-corrected chi connectivity index (χ0v) is 18.2. The summed E-state index contributed by atoms with van der Waals surface area (Å²) in [5, 5.41) is 12.0. The third-order valence-corrected chi connectivity index (χ3v) is 5.58. The molecular weight excluding hydrogens is 422 g/mol. The highest BCUT2D eigenvalue weighted by Crippen LogP contribution is 2.36. The Hall–Kier alpha value is -2.97. The van der Waals surface area contributed by atoms with Gasteiger partial charge in [0, 0.05) is 16.4 Å². The second-order valence-electron chi connectivity index (χ2n) is 6.67. The fraction of sp³-hybridized carbons (Fsp3) is 0.190. The SMILES string of the molecule is COc1ccc(NC(=O)C2=C(C)Nc3nc(SC)nn3C2c2ccc(Cl)cc2)cc1. The highest BCUT2D eigenvalue weighted by molar-refractivity contribution is 7.98. The van der Waals surface area contributed by atoms with Crippen LogP contribution in [0, 0.1) is 0 Å². The molecule has 0 fully saturated rings. The van der Waals surface area contributed by atoms with E-state index in [-0.39, 0.29) is 5.91 Å². The molecule has 1 aliphatic rings. The largest absolute Gasteiger partial charge is 0.497 e. The van der Waals surface area contributed by atoms with Crippen molar-refractivity contribution in [1.29, 1.82) is 0 Å². The van der Waals surface area contributed by atoms with Gasteiger partial charge in [0.2, 0.25) is 11.1 Å². The Bertz CT molecular complexity index is 1110. The third kappa shape index (κ3) is 3.88. The van der Waals surface area contributed by atoms with E-state index in [0.717, 1.165) is 11.3 Å². The molecule has 1 unspecified atom stereocenters. The van der Waals surface area contributed by atoms with Crippen LogP contribution in [-0.2, 0) is 4.79 Å². The number of hydrogen-bond donors (Lipinski definition) is 2. The highest BCUT2D eigenvalue weighted by Gasteiger charge is 2.34. The van der Waals surface area contributed by atoms with Crippen LogP contribution in [0.25, 0.3) is 0 Å². The smallest absolute Gasteiger partial charge is 0.255 e. The Kier molecular flexibility index (Phi) is 5.69. The van der Waals surface area contributed by atoms with Crippen molar-refractivity contribution in [3.8, 4) is 5.75 Å². The lowest BCUT2D eigenvalue weighted by atomic mass is 9.95. The summed E-state index contributed by atoms with van der Waals surface area (Å²) < 4.78 is 6.92. The molecule has 1 aromatic heterocycles. The first-order valence-electron chi connectivity index (χ1n) is 9.19. The number of ether oxygens (including phenoxy) is 1. The van der Waals surface area contributed by atoms with Gasteiger partial charge in [0.05, 0.1) is 12.7 Å². The quantitative estimate of drug-likeness (QED) is 0.563. The van der Waals surface area contributed by atoms with Crippen molar-refractivity contribution in [2.45, 2.75) is 18.1 Å². The summed E-state index contributed by atoms with van der Waals surface area (Å²) in [6.45, 7) is 1.86. The van der Waals surface area contributed by atoms with Crippen LogP contribution >= 0.6 is 23.4 Å². The summed E-state index contributed by atoms with van der Waals surface area (Å²) in [4.78, 5) is 17.8. The molecule has 1 aliphatic heterocycles. The second-order valence-corrected chi connectivity index (χ2v) is 7.88. The number of hydrogen-bond acceptors (Lipinski definition) is 6. The Morgan fingerprint density at radius 1 is 1.20 bits per heavy atom. The number of benzene rings is 2. The van der Waals surface area contributed by atoms with Gasteiger partial charge in [0.1, 0.15) is 11.8 Å². The third-order valence-electron chi connectivity index (χ3n) is 4.79. The van der Waals surface area contributed by atoms with E-state index in [0.29, 0.717) is 33.1 Å². The molecule has 0 saturated carbocycles. The number of carbonyl (C=O) groups is 1. The predicted octanol–water partition coefficient (Wildman–Crippen LogP) is 4.59.